The Hall–Kier alpha value is -2.04. The lowest BCUT2D eigenvalue weighted by molar-refractivity contribution is 1.06. The molecule has 22 heavy (non-hydrogen) atoms. The third-order valence-corrected chi connectivity index (χ3v) is 4.02. The van der Waals surface area contributed by atoms with Gasteiger partial charge >= 0.3 is 0 Å². The van der Waals surface area contributed by atoms with Crippen molar-refractivity contribution in [1.29, 1.82) is 0 Å². The van der Waals surface area contributed by atoms with Gasteiger partial charge in [-0.1, -0.05) is 41.4 Å². The zero-order valence-corrected chi connectivity index (χ0v) is 13.7. The zero-order chi connectivity index (χ0) is 15.7. The van der Waals surface area contributed by atoms with Gasteiger partial charge in [0.1, 0.15) is 5.82 Å². The Balaban J connectivity index is 2.09. The molecular formula is C16H14Cl2N4. The summed E-state index contributed by atoms with van der Waals surface area (Å²) in [4.78, 5) is 11.1. The Morgan fingerprint density at radius 1 is 0.955 bits per heavy atom. The van der Waals surface area contributed by atoms with Crippen LogP contribution in [0, 0.1) is 0 Å². The Kier molecular flexibility index (Phi) is 4.05. The molecule has 0 aliphatic heterocycles. The van der Waals surface area contributed by atoms with Gasteiger partial charge in [-0.15, -0.1) is 0 Å². The van der Waals surface area contributed by atoms with Crippen LogP contribution in [0.4, 0.5) is 17.5 Å². The quantitative estimate of drug-likeness (QED) is 0.751. The molecule has 1 aromatic heterocycles. The van der Waals surface area contributed by atoms with Crippen LogP contribution in [-0.2, 0) is 0 Å². The monoisotopic (exact) mass is 332 g/mol. The Labute approximate surface area is 138 Å². The minimum Gasteiger partial charge on any atom is -0.362 e. The standard InChI is InChI=1S/C16H14Cl2N4/c1-22(2)15-10-6-3-4-8-12(10)19-16(21-15)20-13-9-5-7-11(17)14(13)18/h3-9H,1-2H3,(H,19,20,21). The maximum atomic E-state index is 6.20. The average molecular weight is 333 g/mol. The SMILES string of the molecule is CN(C)c1nc(Nc2cccc(Cl)c2Cl)nc2ccccc12. The second-order valence-electron chi connectivity index (χ2n) is 5.01. The van der Waals surface area contributed by atoms with Crippen LogP contribution in [0.25, 0.3) is 10.9 Å². The molecule has 6 heteroatoms. The predicted molar refractivity (Wildman–Crippen MR) is 93.6 cm³/mol. The topological polar surface area (TPSA) is 41.1 Å². The van der Waals surface area contributed by atoms with Crippen molar-refractivity contribution in [3.05, 3.63) is 52.5 Å². The number of nitrogens with zero attached hydrogens (tertiary/aromatic N) is 3. The molecule has 0 aliphatic carbocycles. The highest BCUT2D eigenvalue weighted by molar-refractivity contribution is 6.43. The third kappa shape index (κ3) is 2.80. The highest BCUT2D eigenvalue weighted by Crippen LogP contribution is 2.32. The van der Waals surface area contributed by atoms with Gasteiger partial charge in [0.25, 0.3) is 0 Å². The lowest BCUT2D eigenvalue weighted by Gasteiger charge is -2.16. The van der Waals surface area contributed by atoms with Gasteiger partial charge < -0.3 is 10.2 Å². The van der Waals surface area contributed by atoms with Crippen molar-refractivity contribution >= 4 is 51.6 Å². The fourth-order valence-corrected chi connectivity index (χ4v) is 2.53. The van der Waals surface area contributed by atoms with E-state index in [1.165, 1.54) is 0 Å². The molecule has 0 fully saturated rings. The summed E-state index contributed by atoms with van der Waals surface area (Å²) in [7, 11) is 3.90. The molecule has 4 nitrogen and oxygen atoms in total. The molecule has 0 unspecified atom stereocenters. The Bertz CT molecular complexity index is 833. The van der Waals surface area contributed by atoms with E-state index in [9.17, 15) is 0 Å². The van der Waals surface area contributed by atoms with Gasteiger partial charge in [-0.05, 0) is 24.3 Å². The maximum Gasteiger partial charge on any atom is 0.229 e. The van der Waals surface area contributed by atoms with Gasteiger partial charge in [0, 0.05) is 19.5 Å². The molecule has 0 amide bonds. The van der Waals surface area contributed by atoms with Crippen LogP contribution in [0.15, 0.2) is 42.5 Å². The number of hydrogen-bond donors (Lipinski definition) is 1. The molecule has 3 aromatic rings. The van der Waals surface area contributed by atoms with Gasteiger partial charge in [-0.2, -0.15) is 4.98 Å². The number of halogens is 2. The van der Waals surface area contributed by atoms with Crippen molar-refractivity contribution in [2.24, 2.45) is 0 Å². The summed E-state index contributed by atoms with van der Waals surface area (Å²) in [5.74, 6) is 1.32. The lowest BCUT2D eigenvalue weighted by atomic mass is 10.2. The molecule has 0 aliphatic rings. The summed E-state index contributed by atoms with van der Waals surface area (Å²) in [5, 5.41) is 5.07. The van der Waals surface area contributed by atoms with Crippen molar-refractivity contribution < 1.29 is 0 Å². The van der Waals surface area contributed by atoms with Crippen molar-refractivity contribution in [2.75, 3.05) is 24.3 Å². The first kappa shape index (κ1) is 14.9. The number of para-hydroxylation sites is 1. The normalized spacial score (nSPS) is 10.7. The molecular weight excluding hydrogens is 319 g/mol. The third-order valence-electron chi connectivity index (χ3n) is 3.20. The van der Waals surface area contributed by atoms with E-state index in [0.29, 0.717) is 21.7 Å². The first-order chi connectivity index (χ1) is 10.6. The lowest BCUT2D eigenvalue weighted by Crippen LogP contribution is -2.13. The summed E-state index contributed by atoms with van der Waals surface area (Å²) >= 11 is 12.2. The fraction of sp³-hybridized carbons (Fsp3) is 0.125. The predicted octanol–water partition coefficient (Wildman–Crippen LogP) is 4.75. The number of benzene rings is 2. The molecule has 0 saturated carbocycles. The van der Waals surface area contributed by atoms with Crippen LogP contribution >= 0.6 is 23.2 Å². The molecule has 1 heterocycles. The van der Waals surface area contributed by atoms with E-state index in [4.69, 9.17) is 23.2 Å². The average Bonchev–Trinajstić information content (AvgIpc) is 2.51. The van der Waals surface area contributed by atoms with Crippen LogP contribution in [-0.4, -0.2) is 24.1 Å². The molecule has 112 valence electrons. The molecule has 0 spiro atoms. The van der Waals surface area contributed by atoms with Gasteiger partial charge in [-0.25, -0.2) is 4.98 Å². The van der Waals surface area contributed by atoms with Crippen molar-refractivity contribution in [1.82, 2.24) is 9.97 Å². The molecule has 3 rings (SSSR count). The molecule has 0 atom stereocenters. The van der Waals surface area contributed by atoms with Crippen LogP contribution in [0.3, 0.4) is 0 Å². The first-order valence-electron chi connectivity index (χ1n) is 6.71. The number of fused-ring (bicyclic) bond motifs is 1. The second kappa shape index (κ2) is 5.99. The van der Waals surface area contributed by atoms with Gasteiger partial charge in [0.2, 0.25) is 5.95 Å². The molecule has 0 saturated heterocycles. The smallest absolute Gasteiger partial charge is 0.229 e. The Morgan fingerprint density at radius 3 is 2.50 bits per heavy atom. The second-order valence-corrected chi connectivity index (χ2v) is 5.79. The molecule has 1 N–H and O–H groups in total. The van der Waals surface area contributed by atoms with Crippen LogP contribution in [0.5, 0.6) is 0 Å². The highest BCUT2D eigenvalue weighted by atomic mass is 35.5. The summed E-state index contributed by atoms with van der Waals surface area (Å²) < 4.78 is 0. The highest BCUT2D eigenvalue weighted by Gasteiger charge is 2.11. The summed E-state index contributed by atoms with van der Waals surface area (Å²) in [6.45, 7) is 0. The number of rotatable bonds is 3. The largest absolute Gasteiger partial charge is 0.362 e. The first-order valence-corrected chi connectivity index (χ1v) is 7.47. The van der Waals surface area contributed by atoms with Crippen LogP contribution in [0.1, 0.15) is 0 Å². The summed E-state index contributed by atoms with van der Waals surface area (Å²) in [6, 6.07) is 13.3. The maximum absolute atomic E-state index is 6.20. The van der Waals surface area contributed by atoms with Gasteiger partial charge in [0.05, 0.1) is 21.2 Å². The van der Waals surface area contributed by atoms with E-state index >= 15 is 0 Å². The van der Waals surface area contributed by atoms with E-state index < -0.39 is 0 Å². The minimum absolute atomic E-state index is 0.451. The number of aromatic nitrogens is 2. The zero-order valence-electron chi connectivity index (χ0n) is 12.1. The van der Waals surface area contributed by atoms with E-state index in [1.807, 2.05) is 55.4 Å². The van der Waals surface area contributed by atoms with Crippen molar-refractivity contribution in [3.8, 4) is 0 Å². The van der Waals surface area contributed by atoms with E-state index in [1.54, 1.807) is 6.07 Å². The van der Waals surface area contributed by atoms with Gasteiger partial charge in [-0.3, -0.25) is 0 Å². The molecule has 0 bridgehead atoms. The summed E-state index contributed by atoms with van der Waals surface area (Å²) in [5.41, 5.74) is 1.54. The molecule has 2 aromatic carbocycles. The van der Waals surface area contributed by atoms with E-state index in [0.717, 1.165) is 16.7 Å². The number of hydrogen-bond acceptors (Lipinski definition) is 4. The minimum atomic E-state index is 0.451. The van der Waals surface area contributed by atoms with E-state index in [2.05, 4.69) is 15.3 Å². The molecule has 0 radical (unpaired) electrons. The summed E-state index contributed by atoms with van der Waals surface area (Å²) in [6.07, 6.45) is 0. The van der Waals surface area contributed by atoms with E-state index in [-0.39, 0.29) is 0 Å². The fourth-order valence-electron chi connectivity index (χ4n) is 2.18. The van der Waals surface area contributed by atoms with Crippen molar-refractivity contribution in [2.45, 2.75) is 0 Å². The Morgan fingerprint density at radius 2 is 1.73 bits per heavy atom. The number of nitrogens with one attached hydrogen (secondary N) is 1. The van der Waals surface area contributed by atoms with Gasteiger partial charge in [0.15, 0.2) is 0 Å². The number of anilines is 3. The van der Waals surface area contributed by atoms with Crippen LogP contribution < -0.4 is 10.2 Å². The van der Waals surface area contributed by atoms with Crippen molar-refractivity contribution in [3.63, 3.8) is 0 Å². The van der Waals surface area contributed by atoms with Crippen LogP contribution in [0.2, 0.25) is 10.0 Å².